The normalized spacial score (nSPS) is 12.9. The fourth-order valence-electron chi connectivity index (χ4n) is 1.38. The molecule has 0 aliphatic heterocycles. The van der Waals surface area contributed by atoms with Crippen LogP contribution >= 0.6 is 0 Å². The molecular weight excluding hydrogens is 248 g/mol. The third-order valence-corrected chi connectivity index (χ3v) is 2.32. The first-order valence-corrected chi connectivity index (χ1v) is 5.49. The van der Waals surface area contributed by atoms with Gasteiger partial charge in [-0.2, -0.15) is 0 Å². The third-order valence-electron chi connectivity index (χ3n) is 2.32. The van der Waals surface area contributed by atoms with Crippen LogP contribution in [-0.4, -0.2) is 34.4 Å². The zero-order chi connectivity index (χ0) is 14.4. The number of aliphatic hydroxyl groups is 1. The second kappa shape index (κ2) is 6.42. The first-order valence-electron chi connectivity index (χ1n) is 5.49. The second-order valence-electron chi connectivity index (χ2n) is 3.88. The van der Waals surface area contributed by atoms with Gasteiger partial charge in [-0.05, 0) is 25.1 Å². The van der Waals surface area contributed by atoms with Gasteiger partial charge in [-0.25, -0.2) is 9.59 Å². The molecule has 0 fully saturated rings. The average Bonchev–Trinajstić information content (AvgIpc) is 2.35. The predicted molar refractivity (Wildman–Crippen MR) is 69.6 cm³/mol. The summed E-state index contributed by atoms with van der Waals surface area (Å²) >= 11 is 0. The van der Waals surface area contributed by atoms with Crippen LogP contribution in [0.5, 0.6) is 0 Å². The zero-order valence-corrected chi connectivity index (χ0v) is 10.3. The van der Waals surface area contributed by atoms with E-state index in [2.05, 4.69) is 16.6 Å². The number of urea groups is 1. The van der Waals surface area contributed by atoms with Gasteiger partial charge in [-0.15, -0.1) is 6.42 Å². The Balaban J connectivity index is 2.69. The number of nitrogens with one attached hydrogen (secondary N) is 2. The number of carbonyl (C=O) groups excluding carboxylic acids is 1. The van der Waals surface area contributed by atoms with E-state index in [1.54, 1.807) is 24.3 Å². The highest BCUT2D eigenvalue weighted by Gasteiger charge is 2.24. The fraction of sp³-hybridized carbons (Fsp3) is 0.231. The Morgan fingerprint density at radius 2 is 2.11 bits per heavy atom. The van der Waals surface area contributed by atoms with Gasteiger partial charge in [0.1, 0.15) is 0 Å². The molecule has 1 rings (SSSR count). The van der Waals surface area contributed by atoms with E-state index in [4.69, 9.17) is 11.5 Å². The smallest absolute Gasteiger partial charge is 0.328 e. The molecule has 6 nitrogen and oxygen atoms in total. The number of rotatable bonds is 4. The number of terminal acetylenes is 1. The van der Waals surface area contributed by atoms with Gasteiger partial charge in [0.05, 0.1) is 6.10 Å². The van der Waals surface area contributed by atoms with Crippen molar-refractivity contribution in [2.75, 3.05) is 5.32 Å². The zero-order valence-electron chi connectivity index (χ0n) is 10.3. The number of carboxylic acid groups (broad SMARTS) is 1. The highest BCUT2D eigenvalue weighted by Crippen LogP contribution is 2.09. The maximum Gasteiger partial charge on any atom is 0.328 e. The minimum Gasteiger partial charge on any atom is -0.480 e. The molecule has 4 N–H and O–H groups in total. The Kier molecular flexibility index (Phi) is 4.92. The number of carboxylic acids is 1. The van der Waals surface area contributed by atoms with Crippen molar-refractivity contribution in [3.8, 4) is 12.3 Å². The molecule has 0 unspecified atom stereocenters. The van der Waals surface area contributed by atoms with E-state index in [0.717, 1.165) is 0 Å². The largest absolute Gasteiger partial charge is 0.480 e. The van der Waals surface area contributed by atoms with Crippen LogP contribution in [0.25, 0.3) is 0 Å². The molecule has 0 saturated carbocycles. The summed E-state index contributed by atoms with van der Waals surface area (Å²) in [6.07, 6.45) is 4.01. The number of amides is 2. The molecule has 19 heavy (non-hydrogen) atoms. The molecule has 0 aliphatic carbocycles. The number of aliphatic hydroxyl groups excluding tert-OH is 1. The Morgan fingerprint density at radius 3 is 2.63 bits per heavy atom. The van der Waals surface area contributed by atoms with Crippen LogP contribution in [0.1, 0.15) is 12.5 Å². The van der Waals surface area contributed by atoms with Crippen LogP contribution in [0, 0.1) is 12.3 Å². The molecule has 2 atom stereocenters. The van der Waals surface area contributed by atoms with Crippen molar-refractivity contribution in [2.45, 2.75) is 19.1 Å². The van der Waals surface area contributed by atoms with Gasteiger partial charge < -0.3 is 20.8 Å². The van der Waals surface area contributed by atoms with Crippen LogP contribution in [0.15, 0.2) is 24.3 Å². The first-order chi connectivity index (χ1) is 8.93. The lowest BCUT2D eigenvalue weighted by Gasteiger charge is -2.17. The van der Waals surface area contributed by atoms with Crippen LogP contribution in [0.2, 0.25) is 0 Å². The van der Waals surface area contributed by atoms with Gasteiger partial charge in [0, 0.05) is 11.3 Å². The van der Waals surface area contributed by atoms with Crippen LogP contribution in [0.4, 0.5) is 10.5 Å². The number of benzene rings is 1. The van der Waals surface area contributed by atoms with Crippen molar-refractivity contribution < 1.29 is 19.8 Å². The van der Waals surface area contributed by atoms with Crippen molar-refractivity contribution in [2.24, 2.45) is 0 Å². The van der Waals surface area contributed by atoms with Crippen molar-refractivity contribution >= 4 is 17.7 Å². The Morgan fingerprint density at radius 1 is 1.42 bits per heavy atom. The topological polar surface area (TPSA) is 98.7 Å². The maximum absolute atomic E-state index is 11.6. The first kappa shape index (κ1) is 14.5. The average molecular weight is 262 g/mol. The summed E-state index contributed by atoms with van der Waals surface area (Å²) in [4.78, 5) is 22.4. The summed E-state index contributed by atoms with van der Waals surface area (Å²) in [6.45, 7) is 1.28. The molecule has 0 spiro atoms. The predicted octanol–water partition coefficient (Wildman–Crippen LogP) is 0.623. The lowest BCUT2D eigenvalue weighted by molar-refractivity contribution is -0.141. The van der Waals surface area contributed by atoms with E-state index < -0.39 is 24.1 Å². The van der Waals surface area contributed by atoms with E-state index >= 15 is 0 Å². The van der Waals surface area contributed by atoms with Gasteiger partial charge in [0.2, 0.25) is 0 Å². The summed E-state index contributed by atoms with van der Waals surface area (Å²) in [5, 5.41) is 22.6. The molecule has 100 valence electrons. The van der Waals surface area contributed by atoms with Gasteiger partial charge in [-0.3, -0.25) is 0 Å². The molecule has 2 amide bonds. The lowest BCUT2D eigenvalue weighted by Crippen LogP contribution is -2.49. The molecule has 0 saturated heterocycles. The molecule has 0 radical (unpaired) electrons. The lowest BCUT2D eigenvalue weighted by atomic mass is 10.2. The SMILES string of the molecule is C#Cc1cccc(NC(=O)N[C@H](C(=O)O)[C@@H](C)O)c1. The van der Waals surface area contributed by atoms with Gasteiger partial charge in [0.15, 0.2) is 6.04 Å². The van der Waals surface area contributed by atoms with Crippen LogP contribution in [0.3, 0.4) is 0 Å². The summed E-state index contributed by atoms with van der Waals surface area (Å²) in [5.74, 6) is 1.09. The van der Waals surface area contributed by atoms with Gasteiger partial charge in [0.25, 0.3) is 0 Å². The standard InChI is InChI=1S/C13H14N2O4/c1-3-9-5-4-6-10(7-9)14-13(19)15-11(8(2)16)12(17)18/h1,4-8,11,16H,2H3,(H,17,18)(H2,14,15,19)/t8-,11+/m1/s1. The Labute approximate surface area is 110 Å². The highest BCUT2D eigenvalue weighted by molar-refractivity contribution is 5.92. The van der Waals surface area contributed by atoms with E-state index in [1.165, 1.54) is 6.92 Å². The van der Waals surface area contributed by atoms with Gasteiger partial charge in [-0.1, -0.05) is 12.0 Å². The molecule has 1 aromatic carbocycles. The summed E-state index contributed by atoms with van der Waals surface area (Å²) in [5.41, 5.74) is 1.02. The monoisotopic (exact) mass is 262 g/mol. The summed E-state index contributed by atoms with van der Waals surface area (Å²) < 4.78 is 0. The fourth-order valence-corrected chi connectivity index (χ4v) is 1.38. The Bertz CT molecular complexity index is 520. The molecule has 0 aliphatic rings. The number of aliphatic carboxylic acids is 1. The minimum atomic E-state index is -1.38. The molecule has 0 aromatic heterocycles. The van der Waals surface area contributed by atoms with Crippen LogP contribution in [-0.2, 0) is 4.79 Å². The molecular formula is C13H14N2O4. The third kappa shape index (κ3) is 4.33. The minimum absolute atomic E-state index is 0.433. The Hall–Kier alpha value is -2.52. The van der Waals surface area contributed by atoms with Crippen LogP contribution < -0.4 is 10.6 Å². The maximum atomic E-state index is 11.6. The number of hydrogen-bond donors (Lipinski definition) is 4. The quantitative estimate of drug-likeness (QED) is 0.598. The summed E-state index contributed by atoms with van der Waals surface area (Å²) in [7, 11) is 0. The molecule has 1 aromatic rings. The second-order valence-corrected chi connectivity index (χ2v) is 3.88. The highest BCUT2D eigenvalue weighted by atomic mass is 16.4. The van der Waals surface area contributed by atoms with Crippen molar-refractivity contribution in [1.29, 1.82) is 0 Å². The molecule has 6 heteroatoms. The number of carbonyl (C=O) groups is 2. The van der Waals surface area contributed by atoms with Crippen molar-refractivity contribution in [3.05, 3.63) is 29.8 Å². The van der Waals surface area contributed by atoms with E-state index in [1.807, 2.05) is 0 Å². The van der Waals surface area contributed by atoms with Crippen molar-refractivity contribution in [1.82, 2.24) is 5.32 Å². The number of anilines is 1. The molecule has 0 heterocycles. The van der Waals surface area contributed by atoms with Crippen molar-refractivity contribution in [3.63, 3.8) is 0 Å². The van der Waals surface area contributed by atoms with Gasteiger partial charge >= 0.3 is 12.0 Å². The summed E-state index contributed by atoms with van der Waals surface area (Å²) in [6, 6.07) is 4.42. The number of hydrogen-bond acceptors (Lipinski definition) is 3. The van der Waals surface area contributed by atoms with E-state index in [-0.39, 0.29) is 0 Å². The van der Waals surface area contributed by atoms with E-state index in [9.17, 15) is 14.7 Å². The van der Waals surface area contributed by atoms with E-state index in [0.29, 0.717) is 11.3 Å². The molecule has 0 bridgehead atoms.